The van der Waals surface area contributed by atoms with Crippen LogP contribution >= 0.6 is 0 Å². The molecule has 6 heteroatoms. The number of pyridine rings is 1. The van der Waals surface area contributed by atoms with Crippen molar-refractivity contribution in [1.29, 1.82) is 0 Å². The average molecular weight is 341 g/mol. The van der Waals surface area contributed by atoms with E-state index in [1.807, 2.05) is 54.6 Å². The maximum absolute atomic E-state index is 12.2. The lowest BCUT2D eigenvalue weighted by Gasteiger charge is -2.25. The van der Waals surface area contributed by atoms with Crippen molar-refractivity contribution in [2.75, 3.05) is 5.32 Å². The van der Waals surface area contributed by atoms with E-state index in [1.54, 1.807) is 17.2 Å². The molecule has 4 aromatic rings. The van der Waals surface area contributed by atoms with Gasteiger partial charge >= 0.3 is 0 Å². The fraction of sp³-hybridized carbons (Fsp3) is 0.100. The minimum Gasteiger partial charge on any atom is -0.326 e. The van der Waals surface area contributed by atoms with Gasteiger partial charge in [-0.2, -0.15) is 4.80 Å². The Labute approximate surface area is 149 Å². The van der Waals surface area contributed by atoms with Crippen molar-refractivity contribution in [1.82, 2.24) is 20.0 Å². The molecule has 1 aliphatic heterocycles. The molecule has 26 heavy (non-hydrogen) atoms. The molecule has 3 heterocycles. The summed E-state index contributed by atoms with van der Waals surface area (Å²) >= 11 is 0. The van der Waals surface area contributed by atoms with Gasteiger partial charge in [0.1, 0.15) is 11.0 Å². The summed E-state index contributed by atoms with van der Waals surface area (Å²) in [5, 5.41) is 12.3. The summed E-state index contributed by atoms with van der Waals surface area (Å²) in [5.41, 5.74) is 5.39. The standard InChI is InChI=1S/C20H15N5O/c26-18-12-15(13-8-10-21-11-9-13)19-16(22-18)6-7-17-20(19)24-25(23-17)14-4-2-1-3-5-14/h1-11,15H,12H2,(H,22,26)/t15-/m0/s1. The molecule has 1 N–H and O–H groups in total. The molecule has 0 radical (unpaired) electrons. The second kappa shape index (κ2) is 5.77. The van der Waals surface area contributed by atoms with Crippen molar-refractivity contribution >= 4 is 22.6 Å². The number of para-hydroxylation sites is 1. The number of rotatable bonds is 2. The van der Waals surface area contributed by atoms with E-state index in [0.717, 1.165) is 33.5 Å². The molecule has 2 aromatic carbocycles. The Balaban J connectivity index is 1.73. The second-order valence-electron chi connectivity index (χ2n) is 6.30. The summed E-state index contributed by atoms with van der Waals surface area (Å²) in [6, 6.07) is 17.5. The van der Waals surface area contributed by atoms with Crippen molar-refractivity contribution in [2.45, 2.75) is 12.3 Å². The van der Waals surface area contributed by atoms with E-state index in [-0.39, 0.29) is 11.8 Å². The molecule has 1 aliphatic rings. The zero-order valence-electron chi connectivity index (χ0n) is 13.8. The highest BCUT2D eigenvalue weighted by molar-refractivity contribution is 5.99. The molecule has 2 aromatic heterocycles. The zero-order valence-corrected chi connectivity index (χ0v) is 13.8. The van der Waals surface area contributed by atoms with E-state index in [9.17, 15) is 4.79 Å². The van der Waals surface area contributed by atoms with Gasteiger partial charge in [-0.05, 0) is 42.0 Å². The minimum atomic E-state index is -0.0635. The smallest absolute Gasteiger partial charge is 0.225 e. The summed E-state index contributed by atoms with van der Waals surface area (Å²) < 4.78 is 0. The van der Waals surface area contributed by atoms with Crippen LogP contribution in [-0.4, -0.2) is 25.9 Å². The zero-order chi connectivity index (χ0) is 17.5. The number of amides is 1. The van der Waals surface area contributed by atoms with E-state index in [1.165, 1.54) is 0 Å². The third-order valence-electron chi connectivity index (χ3n) is 4.70. The summed E-state index contributed by atoms with van der Waals surface area (Å²) in [6.45, 7) is 0. The Bertz CT molecular complexity index is 1110. The Morgan fingerprint density at radius 1 is 0.962 bits per heavy atom. The molecule has 1 atom stereocenters. The van der Waals surface area contributed by atoms with Gasteiger partial charge in [0.25, 0.3) is 0 Å². The second-order valence-corrected chi connectivity index (χ2v) is 6.30. The van der Waals surface area contributed by atoms with Gasteiger partial charge in [0.2, 0.25) is 5.91 Å². The van der Waals surface area contributed by atoms with Gasteiger partial charge in [-0.15, -0.1) is 10.2 Å². The molecule has 0 saturated heterocycles. The normalized spacial score (nSPS) is 16.3. The Hall–Kier alpha value is -3.54. The maximum atomic E-state index is 12.2. The number of carbonyl (C=O) groups is 1. The number of hydrogen-bond donors (Lipinski definition) is 1. The van der Waals surface area contributed by atoms with Gasteiger partial charge in [0, 0.05) is 36.0 Å². The quantitative estimate of drug-likeness (QED) is 0.607. The molecular weight excluding hydrogens is 326 g/mol. The number of hydrogen-bond acceptors (Lipinski definition) is 4. The number of carbonyl (C=O) groups excluding carboxylic acids is 1. The predicted molar refractivity (Wildman–Crippen MR) is 98.2 cm³/mol. The predicted octanol–water partition coefficient (Wildman–Crippen LogP) is 3.29. The first-order chi connectivity index (χ1) is 12.8. The number of aromatic nitrogens is 4. The first-order valence-electron chi connectivity index (χ1n) is 8.45. The van der Waals surface area contributed by atoms with Crippen LogP contribution in [0.1, 0.15) is 23.5 Å². The molecule has 0 aliphatic carbocycles. The fourth-order valence-corrected chi connectivity index (χ4v) is 3.51. The van der Waals surface area contributed by atoms with Crippen LogP contribution in [0.5, 0.6) is 0 Å². The maximum Gasteiger partial charge on any atom is 0.225 e. The number of benzene rings is 2. The summed E-state index contributed by atoms with van der Waals surface area (Å²) in [7, 11) is 0. The summed E-state index contributed by atoms with van der Waals surface area (Å²) in [6.07, 6.45) is 3.89. The van der Waals surface area contributed by atoms with E-state index in [0.29, 0.717) is 6.42 Å². The number of nitrogens with zero attached hydrogens (tertiary/aromatic N) is 4. The molecule has 0 fully saturated rings. The number of fused-ring (bicyclic) bond motifs is 3. The van der Waals surface area contributed by atoms with Crippen LogP contribution in [0.25, 0.3) is 16.7 Å². The van der Waals surface area contributed by atoms with Crippen molar-refractivity contribution < 1.29 is 4.79 Å². The first kappa shape index (κ1) is 14.8. The van der Waals surface area contributed by atoms with E-state index in [4.69, 9.17) is 5.10 Å². The van der Waals surface area contributed by atoms with E-state index in [2.05, 4.69) is 15.4 Å². The van der Waals surface area contributed by atoms with Gasteiger partial charge in [0.15, 0.2) is 0 Å². The van der Waals surface area contributed by atoms with Crippen LogP contribution in [0, 0.1) is 0 Å². The molecule has 0 bridgehead atoms. The minimum absolute atomic E-state index is 0.00844. The molecule has 126 valence electrons. The SMILES string of the molecule is O=C1C[C@@H](c2ccncc2)c2c(ccc3nn(-c4ccccc4)nc23)N1. The van der Waals surface area contributed by atoms with Crippen LogP contribution in [-0.2, 0) is 4.79 Å². The van der Waals surface area contributed by atoms with Crippen LogP contribution < -0.4 is 5.32 Å². The largest absolute Gasteiger partial charge is 0.326 e. The van der Waals surface area contributed by atoms with Gasteiger partial charge in [-0.3, -0.25) is 9.78 Å². The van der Waals surface area contributed by atoms with E-state index < -0.39 is 0 Å². The first-order valence-corrected chi connectivity index (χ1v) is 8.45. The van der Waals surface area contributed by atoms with Crippen LogP contribution in [0.2, 0.25) is 0 Å². The van der Waals surface area contributed by atoms with Crippen LogP contribution in [0.4, 0.5) is 5.69 Å². The third-order valence-corrected chi connectivity index (χ3v) is 4.70. The Morgan fingerprint density at radius 2 is 1.77 bits per heavy atom. The lowest BCUT2D eigenvalue weighted by atomic mass is 9.84. The summed E-state index contributed by atoms with van der Waals surface area (Å²) in [5.74, 6) is -0.0551. The summed E-state index contributed by atoms with van der Waals surface area (Å²) in [4.78, 5) is 17.9. The average Bonchev–Trinajstić information content (AvgIpc) is 3.13. The molecule has 0 unspecified atom stereocenters. The third kappa shape index (κ3) is 2.35. The fourth-order valence-electron chi connectivity index (χ4n) is 3.51. The molecule has 1 amide bonds. The lowest BCUT2D eigenvalue weighted by Crippen LogP contribution is -2.23. The van der Waals surface area contributed by atoms with Gasteiger partial charge < -0.3 is 5.32 Å². The van der Waals surface area contributed by atoms with Crippen LogP contribution in [0.3, 0.4) is 0 Å². The van der Waals surface area contributed by atoms with Gasteiger partial charge in [-0.25, -0.2) is 0 Å². The molecule has 6 nitrogen and oxygen atoms in total. The molecular formula is C20H15N5O. The van der Waals surface area contributed by atoms with Crippen molar-refractivity contribution in [3.8, 4) is 5.69 Å². The number of anilines is 1. The van der Waals surface area contributed by atoms with Crippen molar-refractivity contribution in [2.24, 2.45) is 0 Å². The Morgan fingerprint density at radius 3 is 2.58 bits per heavy atom. The van der Waals surface area contributed by atoms with Gasteiger partial charge in [0.05, 0.1) is 5.69 Å². The molecule has 0 saturated carbocycles. The highest BCUT2D eigenvalue weighted by Crippen LogP contribution is 2.40. The Kier molecular flexibility index (Phi) is 3.28. The van der Waals surface area contributed by atoms with Crippen LogP contribution in [0.15, 0.2) is 67.0 Å². The van der Waals surface area contributed by atoms with Crippen molar-refractivity contribution in [3.63, 3.8) is 0 Å². The van der Waals surface area contributed by atoms with Gasteiger partial charge in [-0.1, -0.05) is 18.2 Å². The topological polar surface area (TPSA) is 72.7 Å². The molecule has 5 rings (SSSR count). The monoisotopic (exact) mass is 341 g/mol. The van der Waals surface area contributed by atoms with E-state index >= 15 is 0 Å². The lowest BCUT2D eigenvalue weighted by molar-refractivity contribution is -0.116. The molecule has 0 spiro atoms. The highest BCUT2D eigenvalue weighted by atomic mass is 16.1. The highest BCUT2D eigenvalue weighted by Gasteiger charge is 2.30. The number of nitrogens with one attached hydrogen (secondary N) is 1. The van der Waals surface area contributed by atoms with Crippen molar-refractivity contribution in [3.05, 3.63) is 78.1 Å².